The van der Waals surface area contributed by atoms with Gasteiger partial charge in [-0.05, 0) is 62.9 Å². The van der Waals surface area contributed by atoms with Crippen molar-refractivity contribution >= 4 is 22.4 Å². The van der Waals surface area contributed by atoms with Crippen molar-refractivity contribution in [2.24, 2.45) is 11.7 Å². The Kier molecular flexibility index (Phi) is 6.59. The number of hydrogen-bond donors (Lipinski definition) is 2. The summed E-state index contributed by atoms with van der Waals surface area (Å²) < 4.78 is 5.99. The van der Waals surface area contributed by atoms with Crippen LogP contribution in [0.1, 0.15) is 31.5 Å². The molecule has 28 heavy (non-hydrogen) atoms. The van der Waals surface area contributed by atoms with E-state index in [9.17, 15) is 0 Å². The molecule has 0 saturated carbocycles. The molecule has 0 aliphatic carbocycles. The average molecular weight is 398 g/mol. The minimum Gasteiger partial charge on any atom is -0.493 e. The molecule has 0 amide bonds. The van der Waals surface area contributed by atoms with E-state index < -0.39 is 0 Å². The fourth-order valence-corrected chi connectivity index (χ4v) is 3.67. The van der Waals surface area contributed by atoms with Crippen molar-refractivity contribution in [3.05, 3.63) is 47.1 Å². The number of thiazole rings is 1. The molecule has 2 unspecified atom stereocenters. The summed E-state index contributed by atoms with van der Waals surface area (Å²) in [6.07, 6.45) is 2.70. The molecule has 2 atom stereocenters. The highest BCUT2D eigenvalue weighted by Gasteiger charge is 2.10. The highest BCUT2D eigenvalue weighted by atomic mass is 32.1. The van der Waals surface area contributed by atoms with E-state index in [1.807, 2.05) is 44.4 Å². The lowest BCUT2D eigenvalue weighted by molar-refractivity contribution is 0.245. The summed E-state index contributed by atoms with van der Waals surface area (Å²) in [5.41, 5.74) is 9.79. The Labute approximate surface area is 170 Å². The zero-order valence-electron chi connectivity index (χ0n) is 16.8. The van der Waals surface area contributed by atoms with Crippen LogP contribution >= 0.6 is 11.3 Å². The van der Waals surface area contributed by atoms with Crippen LogP contribution in [0.15, 0.2) is 35.8 Å². The van der Waals surface area contributed by atoms with E-state index >= 15 is 0 Å². The first-order valence-corrected chi connectivity index (χ1v) is 10.3. The van der Waals surface area contributed by atoms with Gasteiger partial charge in [0.25, 0.3) is 0 Å². The van der Waals surface area contributed by atoms with Crippen molar-refractivity contribution in [3.8, 4) is 17.0 Å². The molecule has 2 aromatic heterocycles. The molecule has 7 heteroatoms. The van der Waals surface area contributed by atoms with Crippen LogP contribution in [-0.2, 0) is 0 Å². The lowest BCUT2D eigenvalue weighted by Crippen LogP contribution is -2.21. The topological polar surface area (TPSA) is 86.0 Å². The Balaban J connectivity index is 1.70. The van der Waals surface area contributed by atoms with E-state index in [4.69, 9.17) is 10.5 Å². The summed E-state index contributed by atoms with van der Waals surface area (Å²) >= 11 is 1.54. The zero-order chi connectivity index (χ0) is 20.1. The second-order valence-corrected chi connectivity index (χ2v) is 8.15. The lowest BCUT2D eigenvalue weighted by Gasteiger charge is -2.16. The van der Waals surface area contributed by atoms with Gasteiger partial charge in [0.05, 0.1) is 18.0 Å². The second-order valence-electron chi connectivity index (χ2n) is 7.29. The first kappa shape index (κ1) is 20.2. The van der Waals surface area contributed by atoms with Gasteiger partial charge in [0.15, 0.2) is 5.13 Å². The van der Waals surface area contributed by atoms with Crippen molar-refractivity contribution in [1.29, 1.82) is 0 Å². The van der Waals surface area contributed by atoms with E-state index in [-0.39, 0.29) is 6.04 Å². The van der Waals surface area contributed by atoms with Crippen LogP contribution in [0.3, 0.4) is 0 Å². The standard InChI is InChI=1S/C21H27N5OS/c1-13(9-15(3)22)11-27-19-6-5-17(10-14(19)2)18-7-8-23-20(25-18)26-21-24-16(4)12-28-21/h5-8,10,12-13,15H,9,11,22H2,1-4H3,(H,23,24,25,26). The van der Waals surface area contributed by atoms with Crippen molar-refractivity contribution in [2.45, 2.75) is 40.2 Å². The summed E-state index contributed by atoms with van der Waals surface area (Å²) in [5.74, 6) is 1.85. The van der Waals surface area contributed by atoms with Gasteiger partial charge in [-0.3, -0.25) is 0 Å². The van der Waals surface area contributed by atoms with Gasteiger partial charge < -0.3 is 15.8 Å². The fraction of sp³-hybridized carbons (Fsp3) is 0.381. The number of benzene rings is 1. The Bertz CT molecular complexity index is 925. The van der Waals surface area contributed by atoms with Crippen molar-refractivity contribution < 1.29 is 4.74 Å². The third-order valence-corrected chi connectivity index (χ3v) is 5.14. The van der Waals surface area contributed by atoms with Crippen LogP contribution in [0.2, 0.25) is 0 Å². The van der Waals surface area contributed by atoms with Gasteiger partial charge in [0.1, 0.15) is 5.75 Å². The molecule has 148 valence electrons. The van der Waals surface area contributed by atoms with E-state index in [0.717, 1.165) is 39.8 Å². The van der Waals surface area contributed by atoms with Gasteiger partial charge in [-0.1, -0.05) is 6.92 Å². The highest BCUT2D eigenvalue weighted by Crippen LogP contribution is 2.27. The predicted octanol–water partition coefficient (Wildman–Crippen LogP) is 4.71. The van der Waals surface area contributed by atoms with Crippen LogP contribution < -0.4 is 15.8 Å². The minimum atomic E-state index is 0.191. The van der Waals surface area contributed by atoms with Gasteiger partial charge in [-0.2, -0.15) is 0 Å². The summed E-state index contributed by atoms with van der Waals surface area (Å²) in [4.78, 5) is 13.3. The summed E-state index contributed by atoms with van der Waals surface area (Å²) in [7, 11) is 0. The molecular formula is C21H27N5OS. The first-order chi connectivity index (χ1) is 13.4. The van der Waals surface area contributed by atoms with Crippen molar-refractivity contribution in [2.75, 3.05) is 11.9 Å². The van der Waals surface area contributed by atoms with E-state index in [1.54, 1.807) is 6.20 Å². The van der Waals surface area contributed by atoms with Gasteiger partial charge >= 0.3 is 0 Å². The number of hydrogen-bond acceptors (Lipinski definition) is 7. The molecule has 1 aromatic carbocycles. The molecule has 3 rings (SSSR count). The third kappa shape index (κ3) is 5.50. The molecule has 0 bridgehead atoms. The highest BCUT2D eigenvalue weighted by molar-refractivity contribution is 7.13. The number of anilines is 2. The number of nitrogens with one attached hydrogen (secondary N) is 1. The Morgan fingerprint density at radius 1 is 1.18 bits per heavy atom. The molecule has 0 radical (unpaired) electrons. The van der Waals surface area contributed by atoms with E-state index in [1.165, 1.54) is 11.3 Å². The molecule has 0 spiro atoms. The Morgan fingerprint density at radius 3 is 2.68 bits per heavy atom. The Morgan fingerprint density at radius 2 is 2.00 bits per heavy atom. The van der Waals surface area contributed by atoms with Crippen molar-refractivity contribution in [3.63, 3.8) is 0 Å². The number of ether oxygens (including phenoxy) is 1. The van der Waals surface area contributed by atoms with Crippen LogP contribution in [0.5, 0.6) is 5.75 Å². The summed E-state index contributed by atoms with van der Waals surface area (Å²) in [5, 5.41) is 5.94. The normalized spacial score (nSPS) is 13.2. The van der Waals surface area contributed by atoms with E-state index in [2.05, 4.69) is 33.3 Å². The van der Waals surface area contributed by atoms with Crippen LogP contribution in [0, 0.1) is 19.8 Å². The number of nitrogens with two attached hydrogens (primary N) is 1. The van der Waals surface area contributed by atoms with Gasteiger partial charge in [0, 0.05) is 23.2 Å². The maximum Gasteiger partial charge on any atom is 0.229 e. The minimum absolute atomic E-state index is 0.191. The molecular weight excluding hydrogens is 370 g/mol. The molecule has 0 aliphatic heterocycles. The van der Waals surface area contributed by atoms with Crippen LogP contribution in [-0.4, -0.2) is 27.6 Å². The second kappa shape index (κ2) is 9.12. The predicted molar refractivity (Wildman–Crippen MR) is 115 cm³/mol. The molecule has 3 N–H and O–H groups in total. The molecule has 0 aliphatic rings. The first-order valence-electron chi connectivity index (χ1n) is 9.42. The maximum absolute atomic E-state index is 5.99. The number of rotatable bonds is 8. The molecule has 0 fully saturated rings. The lowest BCUT2D eigenvalue weighted by atomic mass is 10.0. The Hall–Kier alpha value is -2.51. The smallest absolute Gasteiger partial charge is 0.229 e. The van der Waals surface area contributed by atoms with E-state index in [0.29, 0.717) is 18.5 Å². The summed E-state index contributed by atoms with van der Waals surface area (Å²) in [6, 6.07) is 8.21. The number of aryl methyl sites for hydroxylation is 2. The largest absolute Gasteiger partial charge is 0.493 e. The SMILES string of the molecule is Cc1csc(Nc2nccc(-c3ccc(OCC(C)CC(C)N)c(C)c3)n2)n1. The number of aromatic nitrogens is 3. The van der Waals surface area contributed by atoms with Crippen molar-refractivity contribution in [1.82, 2.24) is 15.0 Å². The number of nitrogens with zero attached hydrogens (tertiary/aromatic N) is 3. The molecule has 3 aromatic rings. The van der Waals surface area contributed by atoms with Gasteiger partial charge in [-0.25, -0.2) is 15.0 Å². The average Bonchev–Trinajstić information content (AvgIpc) is 3.05. The quantitative estimate of drug-likeness (QED) is 0.572. The molecule has 6 nitrogen and oxygen atoms in total. The molecule has 2 heterocycles. The monoisotopic (exact) mass is 397 g/mol. The molecule has 0 saturated heterocycles. The van der Waals surface area contributed by atoms with Crippen LogP contribution in [0.25, 0.3) is 11.3 Å². The third-order valence-electron chi connectivity index (χ3n) is 4.26. The maximum atomic E-state index is 5.99. The van der Waals surface area contributed by atoms with Gasteiger partial charge in [0.2, 0.25) is 5.95 Å². The van der Waals surface area contributed by atoms with Crippen LogP contribution in [0.4, 0.5) is 11.1 Å². The zero-order valence-corrected chi connectivity index (χ0v) is 17.6. The van der Waals surface area contributed by atoms with Gasteiger partial charge in [-0.15, -0.1) is 11.3 Å². The summed E-state index contributed by atoms with van der Waals surface area (Å²) in [6.45, 7) is 8.86. The fourth-order valence-electron chi connectivity index (χ4n) is 2.99.